The highest BCUT2D eigenvalue weighted by Crippen LogP contribution is 2.29. The summed E-state index contributed by atoms with van der Waals surface area (Å²) in [6.07, 6.45) is 3.06. The lowest BCUT2D eigenvalue weighted by atomic mass is 9.99. The molecule has 0 aliphatic heterocycles. The Labute approximate surface area is 141 Å². The molecular formula is C19H19NO3S. The average Bonchev–Trinajstić information content (AvgIpc) is 3.01. The van der Waals surface area contributed by atoms with Crippen molar-refractivity contribution in [2.45, 2.75) is 32.1 Å². The molecule has 0 aliphatic rings. The predicted octanol–water partition coefficient (Wildman–Crippen LogP) is 3.87. The summed E-state index contributed by atoms with van der Waals surface area (Å²) >= 11 is 0. The van der Waals surface area contributed by atoms with Gasteiger partial charge in [-0.2, -0.15) is 0 Å². The Morgan fingerprint density at radius 1 is 1.08 bits per heavy atom. The number of rotatable bonds is 4. The smallest absolute Gasteiger partial charge is 0.268 e. The normalized spacial score (nSPS) is 11.8. The van der Waals surface area contributed by atoms with Gasteiger partial charge in [-0.25, -0.2) is 12.4 Å². The van der Waals surface area contributed by atoms with E-state index in [-0.39, 0.29) is 4.90 Å². The van der Waals surface area contributed by atoms with E-state index in [1.807, 2.05) is 26.8 Å². The van der Waals surface area contributed by atoms with E-state index < -0.39 is 10.0 Å². The van der Waals surface area contributed by atoms with Gasteiger partial charge in [-0.3, -0.25) is 4.79 Å². The van der Waals surface area contributed by atoms with Crippen LogP contribution in [0.2, 0.25) is 0 Å². The third kappa shape index (κ3) is 2.45. The summed E-state index contributed by atoms with van der Waals surface area (Å²) in [6, 6.07) is 10.4. The summed E-state index contributed by atoms with van der Waals surface area (Å²) in [5, 5.41) is 0.678. The molecule has 2 aromatic carbocycles. The van der Waals surface area contributed by atoms with Crippen LogP contribution in [0.5, 0.6) is 0 Å². The summed E-state index contributed by atoms with van der Waals surface area (Å²) in [5.41, 5.74) is 3.90. The fraction of sp³-hybridized carbons (Fsp3) is 0.211. The van der Waals surface area contributed by atoms with E-state index in [4.69, 9.17) is 0 Å². The first kappa shape index (κ1) is 16.5. The Balaban J connectivity index is 2.32. The molecule has 124 valence electrons. The van der Waals surface area contributed by atoms with Crippen molar-refractivity contribution in [3.8, 4) is 0 Å². The molecule has 3 aromatic rings. The van der Waals surface area contributed by atoms with Crippen LogP contribution in [0.25, 0.3) is 10.9 Å². The largest absolute Gasteiger partial charge is 0.298 e. The van der Waals surface area contributed by atoms with Crippen LogP contribution in [-0.2, 0) is 16.4 Å². The van der Waals surface area contributed by atoms with Gasteiger partial charge in [0.05, 0.1) is 10.4 Å². The summed E-state index contributed by atoms with van der Waals surface area (Å²) < 4.78 is 27.3. The van der Waals surface area contributed by atoms with Gasteiger partial charge in [0.1, 0.15) is 0 Å². The van der Waals surface area contributed by atoms with E-state index in [2.05, 4.69) is 0 Å². The van der Waals surface area contributed by atoms with E-state index in [9.17, 15) is 13.2 Å². The molecule has 1 heterocycles. The van der Waals surface area contributed by atoms with Crippen LogP contribution in [0.1, 0.15) is 34.0 Å². The molecule has 0 N–H and O–H groups in total. The Bertz CT molecular complexity index is 1030. The maximum atomic E-state index is 13.0. The van der Waals surface area contributed by atoms with Gasteiger partial charge in [0.25, 0.3) is 10.0 Å². The summed E-state index contributed by atoms with van der Waals surface area (Å²) in [7, 11) is -3.71. The summed E-state index contributed by atoms with van der Waals surface area (Å²) in [5.74, 6) is 0. The highest BCUT2D eigenvalue weighted by atomic mass is 32.2. The standard InChI is InChI=1S/C19H19NO3S/c1-4-15-11-14(3)19-17(18(15)12-21)9-10-20(19)24(22,23)16-7-5-13(2)6-8-16/h5-12H,4H2,1-3H3. The molecule has 0 unspecified atom stereocenters. The fourth-order valence-electron chi connectivity index (χ4n) is 3.05. The number of hydrogen-bond acceptors (Lipinski definition) is 3. The summed E-state index contributed by atoms with van der Waals surface area (Å²) in [6.45, 7) is 5.76. The zero-order chi connectivity index (χ0) is 17.5. The van der Waals surface area contributed by atoms with Crippen LogP contribution in [0, 0.1) is 13.8 Å². The first-order valence-electron chi connectivity index (χ1n) is 7.81. The van der Waals surface area contributed by atoms with E-state index in [0.29, 0.717) is 16.5 Å². The molecule has 0 radical (unpaired) electrons. The Hall–Kier alpha value is -2.40. The number of aromatic nitrogens is 1. The van der Waals surface area contributed by atoms with Crippen molar-refractivity contribution >= 4 is 27.2 Å². The lowest BCUT2D eigenvalue weighted by Crippen LogP contribution is -2.12. The van der Waals surface area contributed by atoms with Gasteiger partial charge in [0, 0.05) is 17.1 Å². The molecule has 0 amide bonds. The monoisotopic (exact) mass is 341 g/mol. The number of hydrogen-bond donors (Lipinski definition) is 0. The highest BCUT2D eigenvalue weighted by molar-refractivity contribution is 7.90. The minimum absolute atomic E-state index is 0.234. The molecule has 0 atom stereocenters. The lowest BCUT2D eigenvalue weighted by Gasteiger charge is -2.12. The highest BCUT2D eigenvalue weighted by Gasteiger charge is 2.21. The van der Waals surface area contributed by atoms with Gasteiger partial charge in [0.15, 0.2) is 6.29 Å². The van der Waals surface area contributed by atoms with Crippen molar-refractivity contribution < 1.29 is 13.2 Å². The minimum atomic E-state index is -3.71. The second kappa shape index (κ2) is 5.91. The molecular weight excluding hydrogens is 322 g/mol. The third-order valence-electron chi connectivity index (χ3n) is 4.33. The zero-order valence-electron chi connectivity index (χ0n) is 13.9. The number of benzene rings is 2. The number of fused-ring (bicyclic) bond motifs is 1. The first-order chi connectivity index (χ1) is 11.4. The van der Waals surface area contributed by atoms with Crippen LogP contribution in [0.15, 0.2) is 47.5 Å². The van der Waals surface area contributed by atoms with E-state index >= 15 is 0 Å². The van der Waals surface area contributed by atoms with Crippen LogP contribution >= 0.6 is 0 Å². The van der Waals surface area contributed by atoms with Crippen molar-refractivity contribution in [1.29, 1.82) is 0 Å². The van der Waals surface area contributed by atoms with Gasteiger partial charge in [-0.15, -0.1) is 0 Å². The van der Waals surface area contributed by atoms with E-state index in [0.717, 1.165) is 29.4 Å². The fourth-order valence-corrected chi connectivity index (χ4v) is 4.47. The van der Waals surface area contributed by atoms with Crippen LogP contribution in [-0.4, -0.2) is 18.7 Å². The van der Waals surface area contributed by atoms with Gasteiger partial charge in [-0.1, -0.05) is 30.7 Å². The quantitative estimate of drug-likeness (QED) is 0.677. The molecule has 0 aliphatic carbocycles. The van der Waals surface area contributed by atoms with Crippen molar-refractivity contribution in [3.63, 3.8) is 0 Å². The predicted molar refractivity (Wildman–Crippen MR) is 95.2 cm³/mol. The number of nitrogens with zero attached hydrogens (tertiary/aromatic N) is 1. The number of aldehydes is 1. The van der Waals surface area contributed by atoms with Crippen LogP contribution in [0.3, 0.4) is 0 Å². The Morgan fingerprint density at radius 2 is 1.75 bits per heavy atom. The molecule has 1 aromatic heterocycles. The van der Waals surface area contributed by atoms with E-state index in [1.165, 1.54) is 10.2 Å². The molecule has 0 spiro atoms. The second-order valence-corrected chi connectivity index (χ2v) is 7.74. The van der Waals surface area contributed by atoms with Crippen molar-refractivity contribution in [2.24, 2.45) is 0 Å². The lowest BCUT2D eigenvalue weighted by molar-refractivity contribution is 0.112. The third-order valence-corrected chi connectivity index (χ3v) is 6.02. The Kier molecular flexibility index (Phi) is 4.05. The molecule has 0 fully saturated rings. The van der Waals surface area contributed by atoms with Crippen molar-refractivity contribution in [2.75, 3.05) is 0 Å². The van der Waals surface area contributed by atoms with Gasteiger partial charge >= 0.3 is 0 Å². The van der Waals surface area contributed by atoms with Crippen molar-refractivity contribution in [3.05, 3.63) is 64.8 Å². The van der Waals surface area contributed by atoms with Gasteiger partial charge in [-0.05, 0) is 49.6 Å². The number of carbonyl (C=O) groups is 1. The number of aryl methyl sites for hydroxylation is 3. The average molecular weight is 341 g/mol. The Morgan fingerprint density at radius 3 is 2.33 bits per heavy atom. The number of carbonyl (C=O) groups excluding carboxylic acids is 1. The first-order valence-corrected chi connectivity index (χ1v) is 9.25. The summed E-state index contributed by atoms with van der Waals surface area (Å²) in [4.78, 5) is 11.8. The minimum Gasteiger partial charge on any atom is -0.298 e. The van der Waals surface area contributed by atoms with Crippen molar-refractivity contribution in [1.82, 2.24) is 3.97 Å². The molecule has 4 nitrogen and oxygen atoms in total. The van der Waals surface area contributed by atoms with Gasteiger partial charge < -0.3 is 0 Å². The second-order valence-electron chi connectivity index (χ2n) is 5.93. The van der Waals surface area contributed by atoms with Crippen LogP contribution < -0.4 is 0 Å². The molecule has 5 heteroatoms. The molecule has 0 saturated heterocycles. The molecule has 24 heavy (non-hydrogen) atoms. The topological polar surface area (TPSA) is 56.1 Å². The van der Waals surface area contributed by atoms with Crippen LogP contribution in [0.4, 0.5) is 0 Å². The molecule has 0 saturated carbocycles. The maximum absolute atomic E-state index is 13.0. The molecule has 3 rings (SSSR count). The SMILES string of the molecule is CCc1cc(C)c2c(ccn2S(=O)(=O)c2ccc(C)cc2)c1C=O. The van der Waals surface area contributed by atoms with E-state index in [1.54, 1.807) is 30.3 Å². The maximum Gasteiger partial charge on any atom is 0.268 e. The molecule has 0 bridgehead atoms. The zero-order valence-corrected chi connectivity index (χ0v) is 14.7. The van der Waals surface area contributed by atoms with Gasteiger partial charge in [0.2, 0.25) is 0 Å².